The van der Waals surface area contributed by atoms with Crippen LogP contribution in [-0.2, 0) is 11.3 Å². The third-order valence-corrected chi connectivity index (χ3v) is 3.13. The summed E-state index contributed by atoms with van der Waals surface area (Å²) in [7, 11) is 3.20. The Morgan fingerprint density at radius 3 is 2.86 bits per heavy atom. The fraction of sp³-hybridized carbons (Fsp3) is 0.312. The number of ether oxygens (including phenoxy) is 2. The summed E-state index contributed by atoms with van der Waals surface area (Å²) in [5, 5.41) is 2.86. The summed E-state index contributed by atoms with van der Waals surface area (Å²) in [4.78, 5) is 14.1. The molecule has 1 aromatic carbocycles. The van der Waals surface area contributed by atoms with Crippen LogP contribution in [0.1, 0.15) is 5.56 Å². The summed E-state index contributed by atoms with van der Waals surface area (Å²) in [6.45, 7) is 1.40. The Labute approximate surface area is 129 Å². The first-order valence-electron chi connectivity index (χ1n) is 6.93. The molecule has 118 valence electrons. The number of amides is 2. The van der Waals surface area contributed by atoms with Gasteiger partial charge in [0.25, 0.3) is 0 Å². The molecule has 1 N–H and O–H groups in total. The predicted octanol–water partition coefficient (Wildman–Crippen LogP) is 2.97. The van der Waals surface area contributed by atoms with Crippen LogP contribution in [0.3, 0.4) is 0 Å². The van der Waals surface area contributed by atoms with Crippen LogP contribution in [0.2, 0.25) is 0 Å². The minimum Gasteiger partial charge on any atom is -0.497 e. The maximum absolute atomic E-state index is 12.4. The Hall–Kier alpha value is -2.47. The number of carbonyl (C=O) groups is 1. The lowest BCUT2D eigenvalue weighted by atomic mass is 10.3. The Morgan fingerprint density at radius 2 is 2.18 bits per heavy atom. The van der Waals surface area contributed by atoms with E-state index in [2.05, 4.69) is 5.32 Å². The number of nitrogens with one attached hydrogen (secondary N) is 1. The van der Waals surface area contributed by atoms with Crippen LogP contribution in [0.4, 0.5) is 10.5 Å². The van der Waals surface area contributed by atoms with Crippen LogP contribution in [-0.4, -0.2) is 38.3 Å². The summed E-state index contributed by atoms with van der Waals surface area (Å²) in [5.41, 5.74) is 1.61. The average Bonchev–Trinajstić information content (AvgIpc) is 3.04. The van der Waals surface area contributed by atoms with Gasteiger partial charge in [0, 0.05) is 31.0 Å². The van der Waals surface area contributed by atoms with Crippen LogP contribution < -0.4 is 10.1 Å². The van der Waals surface area contributed by atoms with Gasteiger partial charge < -0.3 is 24.1 Å². The van der Waals surface area contributed by atoms with E-state index in [9.17, 15) is 4.79 Å². The largest absolute Gasteiger partial charge is 0.497 e. The summed E-state index contributed by atoms with van der Waals surface area (Å²) in [5.74, 6) is 0.691. The number of rotatable bonds is 7. The SMILES string of the molecule is COCCN(Cc1ccoc1)C(=O)Nc1cccc(OC)c1. The molecule has 22 heavy (non-hydrogen) atoms. The van der Waals surface area contributed by atoms with Crippen LogP contribution in [0.5, 0.6) is 5.75 Å². The van der Waals surface area contributed by atoms with E-state index in [1.54, 1.807) is 37.7 Å². The van der Waals surface area contributed by atoms with Crippen LogP contribution >= 0.6 is 0 Å². The zero-order valence-corrected chi connectivity index (χ0v) is 12.7. The summed E-state index contributed by atoms with van der Waals surface area (Å²) >= 11 is 0. The highest BCUT2D eigenvalue weighted by atomic mass is 16.5. The molecule has 2 rings (SSSR count). The van der Waals surface area contributed by atoms with E-state index >= 15 is 0 Å². The van der Waals surface area contributed by atoms with Crippen molar-refractivity contribution in [2.24, 2.45) is 0 Å². The van der Waals surface area contributed by atoms with Gasteiger partial charge >= 0.3 is 6.03 Å². The van der Waals surface area contributed by atoms with Crippen molar-refractivity contribution in [3.63, 3.8) is 0 Å². The molecule has 6 heteroatoms. The van der Waals surface area contributed by atoms with Gasteiger partial charge in [0.1, 0.15) is 5.75 Å². The number of methoxy groups -OCH3 is 2. The van der Waals surface area contributed by atoms with Gasteiger partial charge in [-0.05, 0) is 18.2 Å². The van der Waals surface area contributed by atoms with E-state index in [-0.39, 0.29) is 6.03 Å². The topological polar surface area (TPSA) is 63.9 Å². The summed E-state index contributed by atoms with van der Waals surface area (Å²) in [6, 6.07) is 8.86. The number of urea groups is 1. The minimum absolute atomic E-state index is 0.202. The highest BCUT2D eigenvalue weighted by Gasteiger charge is 2.14. The Kier molecular flexibility index (Phi) is 5.85. The molecule has 0 unspecified atom stereocenters. The van der Waals surface area contributed by atoms with E-state index < -0.39 is 0 Å². The molecule has 0 aliphatic rings. The fourth-order valence-electron chi connectivity index (χ4n) is 1.96. The van der Waals surface area contributed by atoms with Crippen molar-refractivity contribution in [3.8, 4) is 5.75 Å². The van der Waals surface area contributed by atoms with E-state index in [1.165, 1.54) is 0 Å². The quantitative estimate of drug-likeness (QED) is 0.854. The lowest BCUT2D eigenvalue weighted by Gasteiger charge is -2.22. The lowest BCUT2D eigenvalue weighted by Crippen LogP contribution is -2.36. The first-order chi connectivity index (χ1) is 10.7. The van der Waals surface area contributed by atoms with E-state index in [0.717, 1.165) is 5.56 Å². The van der Waals surface area contributed by atoms with Gasteiger partial charge in [0.05, 0.1) is 32.8 Å². The van der Waals surface area contributed by atoms with Crippen LogP contribution in [0.15, 0.2) is 47.3 Å². The van der Waals surface area contributed by atoms with Gasteiger partial charge in [-0.15, -0.1) is 0 Å². The first kappa shape index (κ1) is 15.9. The van der Waals surface area contributed by atoms with Crippen LogP contribution in [0.25, 0.3) is 0 Å². The second-order valence-corrected chi connectivity index (χ2v) is 4.71. The standard InChI is InChI=1S/C16H20N2O4/c1-20-9-7-18(11-13-6-8-22-12-13)16(19)17-14-4-3-5-15(10-14)21-2/h3-6,8,10,12H,7,9,11H2,1-2H3,(H,17,19). The Morgan fingerprint density at radius 1 is 1.32 bits per heavy atom. The van der Waals surface area contributed by atoms with Crippen molar-refractivity contribution in [1.82, 2.24) is 4.90 Å². The van der Waals surface area contributed by atoms with Crippen LogP contribution in [0, 0.1) is 0 Å². The summed E-state index contributed by atoms with van der Waals surface area (Å²) < 4.78 is 15.3. The van der Waals surface area contributed by atoms with Gasteiger partial charge in [-0.2, -0.15) is 0 Å². The number of nitrogens with zero attached hydrogens (tertiary/aromatic N) is 1. The van der Waals surface area contributed by atoms with Crippen molar-refractivity contribution >= 4 is 11.7 Å². The summed E-state index contributed by atoms with van der Waals surface area (Å²) in [6.07, 6.45) is 3.21. The zero-order chi connectivity index (χ0) is 15.8. The molecule has 6 nitrogen and oxygen atoms in total. The molecule has 2 amide bonds. The molecule has 1 aromatic heterocycles. The second-order valence-electron chi connectivity index (χ2n) is 4.71. The molecule has 0 aliphatic carbocycles. The maximum atomic E-state index is 12.4. The van der Waals surface area contributed by atoms with Gasteiger partial charge in [-0.25, -0.2) is 4.79 Å². The van der Waals surface area contributed by atoms with Crippen molar-refractivity contribution in [2.45, 2.75) is 6.54 Å². The molecule has 2 aromatic rings. The first-order valence-corrected chi connectivity index (χ1v) is 6.93. The van der Waals surface area contributed by atoms with Crippen molar-refractivity contribution in [2.75, 3.05) is 32.7 Å². The molecule has 0 radical (unpaired) electrons. The smallest absolute Gasteiger partial charge is 0.322 e. The molecule has 0 bridgehead atoms. The number of benzene rings is 1. The van der Waals surface area contributed by atoms with Crippen molar-refractivity contribution < 1.29 is 18.7 Å². The minimum atomic E-state index is -0.202. The fourth-order valence-corrected chi connectivity index (χ4v) is 1.96. The third kappa shape index (κ3) is 4.53. The normalized spacial score (nSPS) is 10.3. The molecule has 0 spiro atoms. The molecule has 0 fully saturated rings. The Balaban J connectivity index is 2.03. The molecule has 0 saturated carbocycles. The predicted molar refractivity (Wildman–Crippen MR) is 83.0 cm³/mol. The van der Waals surface area contributed by atoms with Gasteiger partial charge in [-0.3, -0.25) is 0 Å². The second kappa shape index (κ2) is 8.09. The van der Waals surface area contributed by atoms with E-state index in [0.29, 0.717) is 31.1 Å². The maximum Gasteiger partial charge on any atom is 0.322 e. The lowest BCUT2D eigenvalue weighted by molar-refractivity contribution is 0.152. The Bertz CT molecular complexity index is 584. The highest BCUT2D eigenvalue weighted by Crippen LogP contribution is 2.17. The number of anilines is 1. The number of hydrogen-bond acceptors (Lipinski definition) is 4. The molecular weight excluding hydrogens is 284 g/mol. The van der Waals surface area contributed by atoms with Gasteiger partial charge in [0.2, 0.25) is 0 Å². The molecule has 0 atom stereocenters. The molecular formula is C16H20N2O4. The molecule has 0 saturated heterocycles. The van der Waals surface area contributed by atoms with Gasteiger partial charge in [-0.1, -0.05) is 6.07 Å². The monoisotopic (exact) mass is 304 g/mol. The average molecular weight is 304 g/mol. The third-order valence-electron chi connectivity index (χ3n) is 3.13. The van der Waals surface area contributed by atoms with E-state index in [4.69, 9.17) is 13.9 Å². The van der Waals surface area contributed by atoms with Crippen molar-refractivity contribution in [1.29, 1.82) is 0 Å². The highest BCUT2D eigenvalue weighted by molar-refractivity contribution is 5.89. The molecule has 1 heterocycles. The number of furan rings is 1. The zero-order valence-electron chi connectivity index (χ0n) is 12.7. The molecule has 0 aliphatic heterocycles. The van der Waals surface area contributed by atoms with E-state index in [1.807, 2.05) is 24.3 Å². The number of hydrogen-bond donors (Lipinski definition) is 1. The van der Waals surface area contributed by atoms with Gasteiger partial charge in [0.15, 0.2) is 0 Å². The van der Waals surface area contributed by atoms with Crippen molar-refractivity contribution in [3.05, 3.63) is 48.4 Å². The number of carbonyl (C=O) groups excluding carboxylic acids is 1.